The van der Waals surface area contributed by atoms with Gasteiger partial charge in [-0.15, -0.1) is 0 Å². The van der Waals surface area contributed by atoms with Crippen molar-refractivity contribution >= 4 is 5.91 Å². The zero-order valence-corrected chi connectivity index (χ0v) is 15.9. The van der Waals surface area contributed by atoms with Crippen molar-refractivity contribution in [2.45, 2.75) is 65.1 Å². The van der Waals surface area contributed by atoms with E-state index in [0.717, 1.165) is 58.4 Å². The fourth-order valence-corrected chi connectivity index (χ4v) is 4.74. The van der Waals surface area contributed by atoms with Crippen molar-refractivity contribution in [3.63, 3.8) is 0 Å². The van der Waals surface area contributed by atoms with Crippen LogP contribution >= 0.6 is 0 Å². The zero-order valence-electron chi connectivity index (χ0n) is 15.9. The fraction of sp³-hybridized carbons (Fsp3) is 0.789. The first kappa shape index (κ1) is 18.4. The second kappa shape index (κ2) is 7.08. The third-order valence-electron chi connectivity index (χ3n) is 6.08. The maximum Gasteiger partial charge on any atom is 0.219 e. The highest BCUT2D eigenvalue weighted by Gasteiger charge is 2.52. The Morgan fingerprint density at radius 1 is 1.36 bits per heavy atom. The van der Waals surface area contributed by atoms with E-state index in [0.29, 0.717) is 0 Å². The van der Waals surface area contributed by atoms with E-state index in [1.807, 2.05) is 22.7 Å². The Balaban J connectivity index is 1.59. The van der Waals surface area contributed by atoms with Crippen LogP contribution in [0.2, 0.25) is 0 Å². The van der Waals surface area contributed by atoms with E-state index in [-0.39, 0.29) is 17.9 Å². The predicted molar refractivity (Wildman–Crippen MR) is 97.0 cm³/mol. The minimum absolute atomic E-state index is 0.0503. The van der Waals surface area contributed by atoms with Crippen LogP contribution in [-0.4, -0.2) is 62.4 Å². The highest BCUT2D eigenvalue weighted by molar-refractivity contribution is 5.74. The molecule has 2 aliphatic rings. The maximum absolute atomic E-state index is 12.0. The van der Waals surface area contributed by atoms with Crippen LogP contribution in [0.25, 0.3) is 0 Å². The fourth-order valence-electron chi connectivity index (χ4n) is 4.74. The molecule has 3 heterocycles. The van der Waals surface area contributed by atoms with Gasteiger partial charge in [-0.05, 0) is 51.1 Å². The number of aliphatic hydroxyl groups excluding tert-OH is 1. The molecule has 1 aromatic rings. The number of aryl methyl sites for hydroxylation is 1. The normalized spacial score (nSPS) is 26.5. The molecule has 6 nitrogen and oxygen atoms in total. The first-order valence-electron chi connectivity index (χ1n) is 9.52. The molecule has 1 atom stereocenters. The van der Waals surface area contributed by atoms with Gasteiger partial charge in [0.15, 0.2) is 0 Å². The SMILES string of the molecule is CCCn1cc(CN2CCC3(CC2)CN(C(C)=O)[C@@](C)(CO)C3)cn1. The first-order valence-corrected chi connectivity index (χ1v) is 9.52. The molecule has 0 saturated carbocycles. The Bertz CT molecular complexity index is 606. The third kappa shape index (κ3) is 3.75. The summed E-state index contributed by atoms with van der Waals surface area (Å²) in [6.07, 6.45) is 8.34. The molecule has 2 fully saturated rings. The molecule has 0 radical (unpaired) electrons. The topological polar surface area (TPSA) is 61.6 Å². The number of aliphatic hydroxyl groups is 1. The minimum Gasteiger partial charge on any atom is -0.394 e. The van der Waals surface area contributed by atoms with E-state index in [1.54, 1.807) is 6.92 Å². The van der Waals surface area contributed by atoms with Gasteiger partial charge < -0.3 is 10.0 Å². The lowest BCUT2D eigenvalue weighted by Gasteiger charge is -2.39. The molecule has 0 bridgehead atoms. The largest absolute Gasteiger partial charge is 0.394 e. The summed E-state index contributed by atoms with van der Waals surface area (Å²) >= 11 is 0. The van der Waals surface area contributed by atoms with E-state index >= 15 is 0 Å². The summed E-state index contributed by atoms with van der Waals surface area (Å²) in [4.78, 5) is 16.4. The van der Waals surface area contributed by atoms with Gasteiger partial charge in [-0.2, -0.15) is 5.10 Å². The summed E-state index contributed by atoms with van der Waals surface area (Å²) < 4.78 is 2.02. The van der Waals surface area contributed by atoms with Crippen LogP contribution in [0.3, 0.4) is 0 Å². The van der Waals surface area contributed by atoms with Crippen molar-refractivity contribution in [3.8, 4) is 0 Å². The molecule has 0 unspecified atom stereocenters. The van der Waals surface area contributed by atoms with E-state index < -0.39 is 5.54 Å². The quantitative estimate of drug-likeness (QED) is 0.883. The molecule has 6 heteroatoms. The Morgan fingerprint density at radius 3 is 2.64 bits per heavy atom. The van der Waals surface area contributed by atoms with Crippen molar-refractivity contribution in [2.75, 3.05) is 26.2 Å². The highest BCUT2D eigenvalue weighted by Crippen LogP contribution is 2.48. The lowest BCUT2D eigenvalue weighted by atomic mass is 9.74. The number of hydrogen-bond acceptors (Lipinski definition) is 4. The molecule has 25 heavy (non-hydrogen) atoms. The summed E-state index contributed by atoms with van der Waals surface area (Å²) in [7, 11) is 0. The number of piperidine rings is 1. The van der Waals surface area contributed by atoms with Crippen LogP contribution in [0, 0.1) is 5.41 Å². The summed E-state index contributed by atoms with van der Waals surface area (Å²) in [6.45, 7) is 10.7. The van der Waals surface area contributed by atoms with Gasteiger partial charge in [0.05, 0.1) is 18.3 Å². The molecule has 2 aliphatic heterocycles. The maximum atomic E-state index is 12.0. The number of carbonyl (C=O) groups is 1. The molecular formula is C19H32N4O2. The lowest BCUT2D eigenvalue weighted by Crippen LogP contribution is -2.46. The molecule has 1 N–H and O–H groups in total. The second-order valence-electron chi connectivity index (χ2n) is 8.32. The third-order valence-corrected chi connectivity index (χ3v) is 6.08. The lowest BCUT2D eigenvalue weighted by molar-refractivity contribution is -0.134. The van der Waals surface area contributed by atoms with Gasteiger partial charge >= 0.3 is 0 Å². The van der Waals surface area contributed by atoms with E-state index in [4.69, 9.17) is 0 Å². The van der Waals surface area contributed by atoms with E-state index in [2.05, 4.69) is 23.1 Å². The minimum atomic E-state index is -0.394. The van der Waals surface area contributed by atoms with Gasteiger partial charge in [-0.3, -0.25) is 14.4 Å². The Hall–Kier alpha value is -1.40. The van der Waals surface area contributed by atoms with Crippen LogP contribution in [0.5, 0.6) is 0 Å². The first-order chi connectivity index (χ1) is 11.9. The predicted octanol–water partition coefficient (Wildman–Crippen LogP) is 1.88. The number of aromatic nitrogens is 2. The summed E-state index contributed by atoms with van der Waals surface area (Å²) in [5.74, 6) is 0.0826. The van der Waals surface area contributed by atoms with Crippen LogP contribution in [0.1, 0.15) is 52.0 Å². The molecule has 1 aromatic heterocycles. The van der Waals surface area contributed by atoms with Crippen molar-refractivity contribution in [1.82, 2.24) is 19.6 Å². The van der Waals surface area contributed by atoms with E-state index in [1.165, 1.54) is 5.56 Å². The monoisotopic (exact) mass is 348 g/mol. The number of carbonyl (C=O) groups excluding carboxylic acids is 1. The second-order valence-corrected chi connectivity index (χ2v) is 8.32. The molecular weight excluding hydrogens is 316 g/mol. The summed E-state index contributed by atoms with van der Waals surface area (Å²) in [6, 6.07) is 0. The van der Waals surface area contributed by atoms with Gasteiger partial charge in [0, 0.05) is 38.3 Å². The van der Waals surface area contributed by atoms with Gasteiger partial charge in [0.2, 0.25) is 5.91 Å². The van der Waals surface area contributed by atoms with Crippen molar-refractivity contribution in [3.05, 3.63) is 18.0 Å². The molecule has 1 spiro atoms. The van der Waals surface area contributed by atoms with Crippen LogP contribution in [-0.2, 0) is 17.9 Å². The van der Waals surface area contributed by atoms with Crippen LogP contribution in [0.4, 0.5) is 0 Å². The van der Waals surface area contributed by atoms with Gasteiger partial charge in [-0.1, -0.05) is 6.92 Å². The molecule has 1 amide bonds. The number of rotatable bonds is 5. The molecule has 2 saturated heterocycles. The van der Waals surface area contributed by atoms with E-state index in [9.17, 15) is 9.90 Å². The van der Waals surface area contributed by atoms with Crippen LogP contribution < -0.4 is 0 Å². The zero-order chi connectivity index (χ0) is 18.1. The van der Waals surface area contributed by atoms with Crippen molar-refractivity contribution in [1.29, 1.82) is 0 Å². The smallest absolute Gasteiger partial charge is 0.219 e. The number of likely N-dealkylation sites (tertiary alicyclic amines) is 2. The summed E-state index contributed by atoms with van der Waals surface area (Å²) in [5, 5.41) is 14.3. The van der Waals surface area contributed by atoms with Crippen molar-refractivity contribution < 1.29 is 9.90 Å². The van der Waals surface area contributed by atoms with Crippen molar-refractivity contribution in [2.24, 2.45) is 5.41 Å². The number of hydrogen-bond donors (Lipinski definition) is 1. The Kier molecular flexibility index (Phi) is 5.21. The Morgan fingerprint density at radius 2 is 2.08 bits per heavy atom. The van der Waals surface area contributed by atoms with Gasteiger partial charge in [0.25, 0.3) is 0 Å². The van der Waals surface area contributed by atoms with Crippen LogP contribution in [0.15, 0.2) is 12.4 Å². The molecule has 0 aromatic carbocycles. The average Bonchev–Trinajstić information content (AvgIpc) is 3.13. The van der Waals surface area contributed by atoms with Gasteiger partial charge in [0.1, 0.15) is 0 Å². The average molecular weight is 348 g/mol. The highest BCUT2D eigenvalue weighted by atomic mass is 16.3. The molecule has 140 valence electrons. The molecule has 3 rings (SSSR count). The number of amides is 1. The summed E-state index contributed by atoms with van der Waals surface area (Å²) in [5.41, 5.74) is 1.06. The number of nitrogens with zero attached hydrogens (tertiary/aromatic N) is 4. The molecule has 0 aliphatic carbocycles. The Labute approximate surface area is 150 Å². The van der Waals surface area contributed by atoms with Gasteiger partial charge in [-0.25, -0.2) is 0 Å². The standard InChI is InChI=1S/C19H32N4O2/c1-4-7-22-12-17(10-20-22)11-21-8-5-19(6-9-21)13-18(3,15-24)23(14-19)16(2)25/h10,12,24H,4-9,11,13-15H2,1-3H3/t18-/m1/s1.